The molecule has 2 aromatic heterocycles. The summed E-state index contributed by atoms with van der Waals surface area (Å²) in [5.74, 6) is 0.824. The monoisotopic (exact) mass is 399 g/mol. The second-order valence-electron chi connectivity index (χ2n) is 6.82. The molecule has 0 spiro atoms. The normalized spacial score (nSPS) is 11.4. The Morgan fingerprint density at radius 2 is 1.89 bits per heavy atom. The first-order valence-corrected chi connectivity index (χ1v) is 11.0. The lowest BCUT2D eigenvalue weighted by Gasteiger charge is -2.17. The Kier molecular flexibility index (Phi) is 7.29. The SMILES string of the molecule is CCCCc1oc2ccccc2c1C(=O)c1ccc(OCCN(CC)CC)s1. The van der Waals surface area contributed by atoms with Crippen molar-refractivity contribution in [1.29, 1.82) is 0 Å². The van der Waals surface area contributed by atoms with Crippen LogP contribution in [-0.2, 0) is 6.42 Å². The molecule has 0 aliphatic heterocycles. The van der Waals surface area contributed by atoms with E-state index in [4.69, 9.17) is 9.15 Å². The van der Waals surface area contributed by atoms with Crippen LogP contribution in [0.5, 0.6) is 5.06 Å². The maximum Gasteiger partial charge on any atom is 0.207 e. The molecule has 0 aliphatic rings. The summed E-state index contributed by atoms with van der Waals surface area (Å²) in [4.78, 5) is 16.3. The molecule has 4 nitrogen and oxygen atoms in total. The summed E-state index contributed by atoms with van der Waals surface area (Å²) in [6.07, 6.45) is 2.85. The standard InChI is InChI=1S/C23H29NO3S/c1-4-7-11-19-22(17-10-8-9-12-18(17)27-19)23(25)20-13-14-21(28-20)26-16-15-24(5-2)6-3/h8-10,12-14H,4-7,11,15-16H2,1-3H3. The summed E-state index contributed by atoms with van der Waals surface area (Å²) in [6.45, 7) is 10.00. The number of fused-ring (bicyclic) bond motifs is 1. The fourth-order valence-electron chi connectivity index (χ4n) is 3.32. The lowest BCUT2D eigenvalue weighted by molar-refractivity contribution is 0.104. The van der Waals surface area contributed by atoms with Gasteiger partial charge in [0.1, 0.15) is 18.0 Å². The van der Waals surface area contributed by atoms with Crippen LogP contribution < -0.4 is 4.74 Å². The summed E-state index contributed by atoms with van der Waals surface area (Å²) < 4.78 is 11.9. The molecular weight excluding hydrogens is 370 g/mol. The summed E-state index contributed by atoms with van der Waals surface area (Å²) in [7, 11) is 0. The van der Waals surface area contributed by atoms with Crippen molar-refractivity contribution in [2.24, 2.45) is 0 Å². The van der Waals surface area contributed by atoms with Crippen LogP contribution in [0.1, 0.15) is 54.6 Å². The number of likely N-dealkylation sites (N-methyl/N-ethyl adjacent to an activating group) is 1. The molecule has 0 unspecified atom stereocenters. The van der Waals surface area contributed by atoms with E-state index in [2.05, 4.69) is 25.7 Å². The van der Waals surface area contributed by atoms with E-state index in [9.17, 15) is 4.79 Å². The second-order valence-corrected chi connectivity index (χ2v) is 7.87. The Morgan fingerprint density at radius 1 is 1.11 bits per heavy atom. The van der Waals surface area contributed by atoms with E-state index in [1.54, 1.807) is 0 Å². The predicted molar refractivity (Wildman–Crippen MR) is 116 cm³/mol. The van der Waals surface area contributed by atoms with Crippen LogP contribution in [0.3, 0.4) is 0 Å². The third kappa shape index (κ3) is 4.65. The summed E-state index contributed by atoms with van der Waals surface area (Å²) in [6, 6.07) is 11.6. The number of ketones is 1. The number of rotatable bonds is 11. The largest absolute Gasteiger partial charge is 0.483 e. The third-order valence-corrected chi connectivity index (χ3v) is 6.00. The van der Waals surface area contributed by atoms with Crippen molar-refractivity contribution in [3.05, 3.63) is 52.6 Å². The van der Waals surface area contributed by atoms with Crippen LogP contribution in [0.2, 0.25) is 0 Å². The number of aryl methyl sites for hydroxylation is 1. The highest BCUT2D eigenvalue weighted by Crippen LogP contribution is 2.33. The first kappa shape index (κ1) is 20.6. The Labute approximate surface area is 171 Å². The number of hydrogen-bond donors (Lipinski definition) is 0. The molecule has 0 fully saturated rings. The zero-order chi connectivity index (χ0) is 19.9. The Balaban J connectivity index is 1.78. The molecule has 28 heavy (non-hydrogen) atoms. The Morgan fingerprint density at radius 3 is 2.64 bits per heavy atom. The summed E-state index contributed by atoms with van der Waals surface area (Å²) >= 11 is 1.42. The lowest BCUT2D eigenvalue weighted by Crippen LogP contribution is -2.27. The van der Waals surface area contributed by atoms with E-state index in [0.29, 0.717) is 17.0 Å². The molecule has 5 heteroatoms. The minimum absolute atomic E-state index is 0.0274. The number of nitrogens with zero attached hydrogens (tertiary/aromatic N) is 1. The second kappa shape index (κ2) is 9.89. The van der Waals surface area contributed by atoms with E-state index < -0.39 is 0 Å². The highest BCUT2D eigenvalue weighted by molar-refractivity contribution is 7.16. The van der Waals surface area contributed by atoms with Crippen molar-refractivity contribution in [2.75, 3.05) is 26.2 Å². The molecule has 0 N–H and O–H groups in total. The average Bonchev–Trinajstić information content (AvgIpc) is 3.33. The van der Waals surface area contributed by atoms with Gasteiger partial charge in [0.2, 0.25) is 5.78 Å². The number of benzene rings is 1. The smallest absolute Gasteiger partial charge is 0.207 e. The van der Waals surface area contributed by atoms with Gasteiger partial charge < -0.3 is 14.1 Å². The molecule has 150 valence electrons. The average molecular weight is 400 g/mol. The highest BCUT2D eigenvalue weighted by Gasteiger charge is 2.23. The van der Waals surface area contributed by atoms with Gasteiger partial charge in [0.25, 0.3) is 0 Å². The van der Waals surface area contributed by atoms with E-state index in [0.717, 1.165) is 60.7 Å². The lowest BCUT2D eigenvalue weighted by atomic mass is 10.0. The van der Waals surface area contributed by atoms with Crippen molar-refractivity contribution >= 4 is 28.1 Å². The van der Waals surface area contributed by atoms with Crippen LogP contribution in [0.15, 0.2) is 40.8 Å². The Hall–Kier alpha value is -2.11. The van der Waals surface area contributed by atoms with Gasteiger partial charge in [0.15, 0.2) is 5.06 Å². The molecule has 0 bridgehead atoms. The number of carbonyl (C=O) groups is 1. The van der Waals surface area contributed by atoms with Gasteiger partial charge in [-0.15, -0.1) is 0 Å². The minimum Gasteiger partial charge on any atom is -0.483 e. The first-order valence-electron chi connectivity index (χ1n) is 10.2. The zero-order valence-corrected chi connectivity index (χ0v) is 17.8. The number of thiophene rings is 1. The minimum atomic E-state index is 0.0274. The number of ether oxygens (including phenoxy) is 1. The van der Waals surface area contributed by atoms with Crippen molar-refractivity contribution < 1.29 is 13.9 Å². The fourth-order valence-corrected chi connectivity index (χ4v) is 4.14. The molecule has 2 heterocycles. The van der Waals surface area contributed by atoms with E-state index in [-0.39, 0.29) is 5.78 Å². The summed E-state index contributed by atoms with van der Waals surface area (Å²) in [5, 5.41) is 1.69. The van der Waals surface area contributed by atoms with Crippen LogP contribution in [0.25, 0.3) is 11.0 Å². The molecule has 0 radical (unpaired) electrons. The maximum absolute atomic E-state index is 13.3. The third-order valence-electron chi connectivity index (χ3n) is 5.00. The molecule has 3 aromatic rings. The van der Waals surface area contributed by atoms with Gasteiger partial charge in [-0.05, 0) is 37.7 Å². The van der Waals surface area contributed by atoms with Crippen LogP contribution in [0.4, 0.5) is 0 Å². The first-order chi connectivity index (χ1) is 13.7. The molecule has 0 saturated carbocycles. The number of para-hydroxylation sites is 1. The van der Waals surface area contributed by atoms with Crippen LogP contribution >= 0.6 is 11.3 Å². The van der Waals surface area contributed by atoms with E-state index >= 15 is 0 Å². The van der Waals surface area contributed by atoms with Crippen molar-refractivity contribution in [2.45, 2.75) is 40.0 Å². The molecule has 0 saturated heterocycles. The van der Waals surface area contributed by atoms with Gasteiger partial charge in [-0.2, -0.15) is 0 Å². The summed E-state index contributed by atoms with van der Waals surface area (Å²) in [5.41, 5.74) is 1.49. The van der Waals surface area contributed by atoms with E-state index in [1.165, 1.54) is 11.3 Å². The van der Waals surface area contributed by atoms with Crippen LogP contribution in [0, 0.1) is 0 Å². The highest BCUT2D eigenvalue weighted by atomic mass is 32.1. The van der Waals surface area contributed by atoms with Gasteiger partial charge >= 0.3 is 0 Å². The van der Waals surface area contributed by atoms with Gasteiger partial charge in [-0.25, -0.2) is 0 Å². The van der Waals surface area contributed by atoms with Gasteiger partial charge in [-0.3, -0.25) is 4.79 Å². The van der Waals surface area contributed by atoms with Crippen molar-refractivity contribution in [3.8, 4) is 5.06 Å². The number of furan rings is 1. The van der Waals surface area contributed by atoms with Gasteiger partial charge in [0, 0.05) is 18.4 Å². The molecule has 1 aromatic carbocycles. The zero-order valence-electron chi connectivity index (χ0n) is 17.0. The number of carbonyl (C=O) groups excluding carboxylic acids is 1. The topological polar surface area (TPSA) is 42.7 Å². The Bertz CT molecular complexity index is 908. The van der Waals surface area contributed by atoms with Gasteiger partial charge in [0.05, 0.1) is 10.4 Å². The molecule has 3 rings (SSSR count). The predicted octanol–water partition coefficient (Wildman–Crippen LogP) is 5.79. The molecular formula is C23H29NO3S. The van der Waals surface area contributed by atoms with Crippen molar-refractivity contribution in [3.63, 3.8) is 0 Å². The van der Waals surface area contributed by atoms with Gasteiger partial charge in [-0.1, -0.05) is 56.7 Å². The number of hydrogen-bond acceptors (Lipinski definition) is 5. The number of unbranched alkanes of at least 4 members (excludes halogenated alkanes) is 1. The molecule has 0 atom stereocenters. The van der Waals surface area contributed by atoms with E-state index in [1.807, 2.05) is 36.4 Å². The maximum atomic E-state index is 13.3. The molecule has 0 aliphatic carbocycles. The van der Waals surface area contributed by atoms with Crippen LogP contribution in [-0.4, -0.2) is 36.9 Å². The van der Waals surface area contributed by atoms with Crippen molar-refractivity contribution in [1.82, 2.24) is 4.90 Å². The molecule has 0 amide bonds. The fraction of sp³-hybridized carbons (Fsp3) is 0.435. The quantitative estimate of drug-likeness (QED) is 0.383.